The van der Waals surface area contributed by atoms with Gasteiger partial charge in [-0.2, -0.15) is 13.2 Å². The van der Waals surface area contributed by atoms with E-state index < -0.39 is 51.2 Å². The molecule has 0 bridgehead atoms. The first-order valence-corrected chi connectivity index (χ1v) is 14.0. The summed E-state index contributed by atoms with van der Waals surface area (Å²) in [7, 11) is -4.25. The Kier molecular flexibility index (Phi) is 6.79. The molecule has 2 atom stereocenters. The molecule has 1 N–H and O–H groups in total. The van der Waals surface area contributed by atoms with Crippen molar-refractivity contribution in [2.75, 3.05) is 13.2 Å². The lowest BCUT2D eigenvalue weighted by Gasteiger charge is -2.27. The third-order valence-electron chi connectivity index (χ3n) is 7.32. The predicted octanol–water partition coefficient (Wildman–Crippen LogP) is 4.99. The van der Waals surface area contributed by atoms with Crippen LogP contribution in [0.3, 0.4) is 0 Å². The number of benzene rings is 3. The van der Waals surface area contributed by atoms with Crippen molar-refractivity contribution in [1.82, 2.24) is 4.90 Å². The van der Waals surface area contributed by atoms with Crippen molar-refractivity contribution in [1.29, 1.82) is 0 Å². The summed E-state index contributed by atoms with van der Waals surface area (Å²) in [4.78, 5) is 26.8. The lowest BCUT2D eigenvalue weighted by Crippen LogP contribution is -2.46. The fourth-order valence-corrected chi connectivity index (χ4v) is 7.50. The van der Waals surface area contributed by atoms with Gasteiger partial charge < -0.3 is 14.7 Å². The normalized spacial score (nSPS) is 20.7. The van der Waals surface area contributed by atoms with Crippen LogP contribution in [0, 0.1) is 0 Å². The van der Waals surface area contributed by atoms with Crippen LogP contribution in [0.5, 0.6) is 5.75 Å². The number of carbonyl (C=O) groups is 2. The van der Waals surface area contributed by atoms with Gasteiger partial charge in [-0.05, 0) is 47.7 Å². The van der Waals surface area contributed by atoms with Gasteiger partial charge in [0.25, 0.3) is 0 Å². The first kappa shape index (κ1) is 27.3. The molecule has 206 valence electrons. The molecule has 3 aromatic carbocycles. The van der Waals surface area contributed by atoms with Crippen molar-refractivity contribution in [3.05, 3.63) is 71.2 Å². The summed E-state index contributed by atoms with van der Waals surface area (Å²) in [5.74, 6) is -2.03. The summed E-state index contributed by atoms with van der Waals surface area (Å²) in [6.07, 6.45) is -3.93. The van der Waals surface area contributed by atoms with Crippen molar-refractivity contribution in [2.24, 2.45) is 0 Å². The number of carbonyl (C=O) groups excluding carboxylic acids is 1. The van der Waals surface area contributed by atoms with Crippen molar-refractivity contribution in [3.8, 4) is 5.75 Å². The lowest BCUT2D eigenvalue weighted by molar-refractivity contribution is -0.153. The summed E-state index contributed by atoms with van der Waals surface area (Å²) in [5.41, 5.74) is -0.166. The number of carboxylic acids is 1. The molecule has 12 heteroatoms. The number of halogens is 4. The highest BCUT2D eigenvalue weighted by Crippen LogP contribution is 2.52. The number of hydrogen-bond acceptors (Lipinski definition) is 5. The zero-order valence-electron chi connectivity index (χ0n) is 20.3. The molecule has 1 saturated carbocycles. The average Bonchev–Trinajstić information content (AvgIpc) is 3.56. The Balaban J connectivity index is 1.42. The number of nitrogens with zero attached hydrogens (tertiary/aromatic N) is 1. The van der Waals surface area contributed by atoms with Gasteiger partial charge in [-0.3, -0.25) is 4.79 Å². The van der Waals surface area contributed by atoms with Crippen LogP contribution >= 0.6 is 11.6 Å². The average molecular weight is 582 g/mol. The Morgan fingerprint density at radius 2 is 1.77 bits per heavy atom. The molecule has 3 aromatic rings. The Labute approximate surface area is 227 Å². The maximum Gasteiger partial charge on any atom is 0.422 e. The molecule has 1 aliphatic heterocycles. The van der Waals surface area contributed by atoms with Crippen LogP contribution in [-0.2, 0) is 24.8 Å². The number of aliphatic carboxylic acids is 1. The topological polar surface area (TPSA) is 101 Å². The highest BCUT2D eigenvalue weighted by atomic mass is 35.5. The summed E-state index contributed by atoms with van der Waals surface area (Å²) in [6.45, 7) is -1.93. The second-order valence-electron chi connectivity index (χ2n) is 9.82. The number of fused-ring (bicyclic) bond motifs is 1. The minimum Gasteiger partial charge on any atom is -0.484 e. The summed E-state index contributed by atoms with van der Waals surface area (Å²) in [6, 6.07) is 14.8. The van der Waals surface area contributed by atoms with Crippen LogP contribution in [0.4, 0.5) is 13.2 Å². The second-order valence-corrected chi connectivity index (χ2v) is 12.4. The van der Waals surface area contributed by atoms with Crippen molar-refractivity contribution >= 4 is 44.1 Å². The molecule has 39 heavy (non-hydrogen) atoms. The third-order valence-corrected chi connectivity index (χ3v) is 9.94. The molecule has 7 nitrogen and oxygen atoms in total. The van der Waals surface area contributed by atoms with Crippen LogP contribution in [-0.4, -0.2) is 60.9 Å². The van der Waals surface area contributed by atoms with E-state index in [1.165, 1.54) is 0 Å². The number of carboxylic acid groups (broad SMARTS) is 1. The smallest absolute Gasteiger partial charge is 0.422 e. The monoisotopic (exact) mass is 581 g/mol. The Morgan fingerprint density at radius 1 is 1.08 bits per heavy atom. The van der Waals surface area contributed by atoms with E-state index in [2.05, 4.69) is 4.74 Å². The van der Waals surface area contributed by atoms with Gasteiger partial charge in [-0.15, -0.1) is 0 Å². The highest BCUT2D eigenvalue weighted by molar-refractivity contribution is 7.92. The molecule has 5 rings (SSSR count). The van der Waals surface area contributed by atoms with Gasteiger partial charge in [0.05, 0.1) is 20.6 Å². The molecule has 0 spiro atoms. The largest absolute Gasteiger partial charge is 0.484 e. The van der Waals surface area contributed by atoms with Crippen LogP contribution in [0.25, 0.3) is 10.8 Å². The van der Waals surface area contributed by atoms with Crippen LogP contribution in [0.1, 0.15) is 24.8 Å². The number of alkyl halides is 3. The van der Waals surface area contributed by atoms with Gasteiger partial charge in [0.15, 0.2) is 16.4 Å². The molecular weight excluding hydrogens is 559 g/mol. The maximum atomic E-state index is 13.9. The number of sulfone groups is 1. The van der Waals surface area contributed by atoms with E-state index in [0.717, 1.165) is 39.4 Å². The van der Waals surface area contributed by atoms with E-state index in [-0.39, 0.29) is 28.6 Å². The summed E-state index contributed by atoms with van der Waals surface area (Å²) in [5, 5.41) is 10.1. The number of rotatable bonds is 7. The molecular formula is C27H23ClF3NO6S. The van der Waals surface area contributed by atoms with Crippen molar-refractivity contribution in [2.45, 2.75) is 47.0 Å². The molecule has 2 fully saturated rings. The van der Waals surface area contributed by atoms with E-state index >= 15 is 0 Å². The second kappa shape index (κ2) is 9.71. The Morgan fingerprint density at radius 3 is 2.41 bits per heavy atom. The lowest BCUT2D eigenvalue weighted by atomic mass is 9.89. The highest BCUT2D eigenvalue weighted by Gasteiger charge is 2.57. The van der Waals surface area contributed by atoms with Gasteiger partial charge in [0, 0.05) is 12.6 Å². The van der Waals surface area contributed by atoms with Gasteiger partial charge in [-0.25, -0.2) is 13.2 Å². The number of amides is 1. The molecule has 1 aliphatic carbocycles. The summed E-state index contributed by atoms with van der Waals surface area (Å²) >= 11 is 6.12. The first-order chi connectivity index (χ1) is 18.3. The van der Waals surface area contributed by atoms with Gasteiger partial charge >= 0.3 is 12.1 Å². The van der Waals surface area contributed by atoms with E-state index in [1.807, 2.05) is 42.5 Å². The van der Waals surface area contributed by atoms with E-state index in [4.69, 9.17) is 11.6 Å². The molecule has 0 unspecified atom stereocenters. The minimum absolute atomic E-state index is 0.270. The number of hydrogen-bond donors (Lipinski definition) is 1. The fraction of sp³-hybridized carbons (Fsp3) is 0.333. The van der Waals surface area contributed by atoms with Crippen LogP contribution in [0.2, 0.25) is 5.02 Å². The quantitative estimate of drug-likeness (QED) is 0.422. The van der Waals surface area contributed by atoms with E-state index in [1.54, 1.807) is 0 Å². The molecule has 0 aromatic heterocycles. The Hall–Kier alpha value is -3.31. The van der Waals surface area contributed by atoms with Gasteiger partial charge in [0.1, 0.15) is 11.8 Å². The van der Waals surface area contributed by atoms with Crippen molar-refractivity contribution < 1.29 is 41.0 Å². The van der Waals surface area contributed by atoms with Gasteiger partial charge in [0.2, 0.25) is 5.91 Å². The standard InChI is InChI=1S/C27H23ClF3NO6S/c28-21-12-17(38-15-27(29,30)31)8-9-23(21)39(36,37)18-13-22(24(33)34)32(14-18)25(35)26(10-11-26)20-7-3-5-16-4-1-2-6-19(16)20/h1-9,12,18,22H,10-11,13-15H2,(H,33,34)/t18-,22+/m1/s1. The van der Waals surface area contributed by atoms with Crippen LogP contribution in [0.15, 0.2) is 65.6 Å². The van der Waals surface area contributed by atoms with Crippen molar-refractivity contribution in [3.63, 3.8) is 0 Å². The van der Waals surface area contributed by atoms with Gasteiger partial charge in [-0.1, -0.05) is 54.1 Å². The molecule has 1 heterocycles. The first-order valence-electron chi connectivity index (χ1n) is 12.1. The molecule has 0 radical (unpaired) electrons. The van der Waals surface area contributed by atoms with E-state index in [9.17, 15) is 36.3 Å². The Bertz CT molecular complexity index is 1570. The molecule has 2 aliphatic rings. The maximum absolute atomic E-state index is 13.9. The summed E-state index contributed by atoms with van der Waals surface area (Å²) < 4.78 is 69.0. The number of ether oxygens (including phenoxy) is 1. The SMILES string of the molecule is O=C(O)[C@@H]1C[C@@H](S(=O)(=O)c2ccc(OCC(F)(F)F)cc2Cl)CN1C(=O)C1(c2cccc3ccccc23)CC1. The predicted molar refractivity (Wildman–Crippen MR) is 137 cm³/mol. The number of likely N-dealkylation sites (tertiary alicyclic amines) is 1. The zero-order chi connectivity index (χ0) is 28.2. The fourth-order valence-electron chi connectivity index (χ4n) is 5.27. The third kappa shape index (κ3) is 5.05. The minimum atomic E-state index is -4.59. The zero-order valence-corrected chi connectivity index (χ0v) is 21.9. The van der Waals surface area contributed by atoms with E-state index in [0.29, 0.717) is 12.8 Å². The van der Waals surface area contributed by atoms with Crippen LogP contribution < -0.4 is 4.74 Å². The molecule has 1 saturated heterocycles. The molecule has 1 amide bonds.